The van der Waals surface area contributed by atoms with E-state index in [1.54, 1.807) is 0 Å². The first kappa shape index (κ1) is 30.8. The van der Waals surface area contributed by atoms with E-state index in [4.69, 9.17) is 0 Å². The molecule has 0 amide bonds. The Hall–Kier alpha value is 1.00. The maximum absolute atomic E-state index is 3.66. The average molecular weight is 402 g/mol. The fourth-order valence-corrected chi connectivity index (χ4v) is 2.34. The zero-order chi connectivity index (χ0) is 13.1. The molecule has 1 fully saturated rings. The van der Waals surface area contributed by atoms with Gasteiger partial charge in [-0.15, -0.1) is 0 Å². The van der Waals surface area contributed by atoms with Crippen LogP contribution in [0.1, 0.15) is 45.2 Å². The van der Waals surface area contributed by atoms with E-state index in [2.05, 4.69) is 35.1 Å². The molecule has 1 saturated carbocycles. The van der Waals surface area contributed by atoms with Crippen LogP contribution < -0.4 is 70.9 Å². The van der Waals surface area contributed by atoms with E-state index in [9.17, 15) is 0 Å². The molecule has 1 rings (SSSR count). The third kappa shape index (κ3) is 14.6. The molecule has 0 aromatic rings. The highest BCUT2D eigenvalue weighted by molar-refractivity contribution is 4.92. The molecule has 0 heterocycles. The van der Waals surface area contributed by atoms with Crippen molar-refractivity contribution in [3.8, 4) is 0 Å². The smallest absolute Gasteiger partial charge is 1.00 e. The predicted molar refractivity (Wildman–Crippen MR) is 83.6 cm³/mol. The van der Waals surface area contributed by atoms with Crippen LogP contribution in [0.2, 0.25) is 0 Å². The van der Waals surface area contributed by atoms with Gasteiger partial charge < -0.3 is 70.9 Å². The Morgan fingerprint density at radius 1 is 0.682 bits per heavy atom. The highest BCUT2D eigenvalue weighted by atomic mass is 35.5. The first-order chi connectivity index (χ1) is 8.88. The van der Waals surface area contributed by atoms with E-state index in [0.29, 0.717) is 12.1 Å². The lowest BCUT2D eigenvalue weighted by molar-refractivity contribution is -0.00100. The Kier molecular flexibility index (Phi) is 30.8. The summed E-state index contributed by atoms with van der Waals surface area (Å²) in [4.78, 5) is 0. The molecule has 0 saturated heterocycles. The summed E-state index contributed by atoms with van der Waals surface area (Å²) >= 11 is 0. The molecule has 140 valence electrons. The second-order valence-electron chi connectivity index (χ2n) is 5.11. The van der Waals surface area contributed by atoms with Crippen LogP contribution in [0, 0.1) is 0 Å². The summed E-state index contributed by atoms with van der Waals surface area (Å²) in [5, 5.41) is 14.0. The molecular weight excluding hydrogens is 366 g/mol. The average Bonchev–Trinajstić information content (AvgIpc) is 2.36. The van der Waals surface area contributed by atoms with Crippen LogP contribution in [0.3, 0.4) is 0 Å². The van der Waals surface area contributed by atoms with Gasteiger partial charge in [-0.25, -0.2) is 0 Å². The Balaban J connectivity index is -0.0000000675. The standard InChI is InChI=1S/C14H32N4.4ClH/c1-3-15-9-5-11-17-13-7-8-14(13)18-12-6-10-16-4-2;;;;/h13-18H,3-12H2,1-2H3;4*1H. The van der Waals surface area contributed by atoms with Gasteiger partial charge in [-0.3, -0.25) is 0 Å². The van der Waals surface area contributed by atoms with Crippen LogP contribution in [-0.4, -0.2) is 51.4 Å². The van der Waals surface area contributed by atoms with Crippen molar-refractivity contribution in [2.75, 3.05) is 39.3 Å². The molecule has 22 heavy (non-hydrogen) atoms. The predicted octanol–water partition coefficient (Wildman–Crippen LogP) is -10.8. The largest absolute Gasteiger partial charge is 1.00 e. The highest BCUT2D eigenvalue weighted by Crippen LogP contribution is 2.19. The molecule has 0 aliphatic heterocycles. The molecule has 1 aliphatic rings. The van der Waals surface area contributed by atoms with Gasteiger partial charge in [-0.05, 0) is 65.0 Å². The van der Waals surface area contributed by atoms with Crippen molar-refractivity contribution in [2.45, 2.75) is 51.6 Å². The molecule has 1 aliphatic carbocycles. The second-order valence-corrected chi connectivity index (χ2v) is 5.11. The quantitative estimate of drug-likeness (QED) is 0.245. The lowest BCUT2D eigenvalue weighted by Gasteiger charge is -2.38. The fraction of sp³-hybridized carbons (Fsp3) is 1.00. The monoisotopic (exact) mass is 400 g/mol. The molecule has 0 spiro atoms. The maximum atomic E-state index is 3.66. The molecule has 0 aromatic heterocycles. The minimum atomic E-state index is 0. The Labute approximate surface area is 167 Å². The van der Waals surface area contributed by atoms with E-state index in [0.717, 1.165) is 39.3 Å². The van der Waals surface area contributed by atoms with E-state index in [-0.39, 0.29) is 55.3 Å². The van der Waals surface area contributed by atoms with E-state index >= 15 is 0 Å². The zero-order valence-electron chi connectivity index (χ0n) is 17.7. The third-order valence-corrected chi connectivity index (χ3v) is 3.65. The van der Waals surface area contributed by atoms with Crippen LogP contribution >= 0.6 is 0 Å². The van der Waals surface area contributed by atoms with Crippen LogP contribution in [0.4, 0.5) is 0 Å². The zero-order valence-corrected chi connectivity index (χ0v) is 16.8. The van der Waals surface area contributed by atoms with Gasteiger partial charge in [0.15, 0.2) is 0 Å². The first-order valence-corrected chi connectivity index (χ1v) is 7.76. The SMILES string of the molecule is CCNCCCNC1CCC1NCCCNCC.[Cl-].[Cl-].[Cl-].[Cl-].[H+].[H+].[H+].[H+]. The molecule has 0 aromatic carbocycles. The molecule has 2 unspecified atom stereocenters. The third-order valence-electron chi connectivity index (χ3n) is 3.65. The summed E-state index contributed by atoms with van der Waals surface area (Å²) < 4.78 is 0. The maximum Gasteiger partial charge on any atom is 1.00 e. The number of hydrogen-bond donors (Lipinski definition) is 4. The van der Waals surface area contributed by atoms with Gasteiger partial charge in [0, 0.05) is 12.1 Å². The van der Waals surface area contributed by atoms with Crippen molar-refractivity contribution in [1.29, 1.82) is 0 Å². The van der Waals surface area contributed by atoms with E-state index < -0.39 is 0 Å². The fourth-order valence-electron chi connectivity index (χ4n) is 2.34. The summed E-state index contributed by atoms with van der Waals surface area (Å²) in [6, 6.07) is 1.43. The van der Waals surface area contributed by atoms with Crippen molar-refractivity contribution in [3.05, 3.63) is 0 Å². The number of rotatable bonds is 12. The molecule has 2 atom stereocenters. The lowest BCUT2D eigenvalue weighted by atomic mass is 9.86. The molecule has 0 radical (unpaired) electrons. The summed E-state index contributed by atoms with van der Waals surface area (Å²) in [5.41, 5.74) is 0. The number of halogens is 4. The van der Waals surface area contributed by atoms with Crippen LogP contribution in [0.5, 0.6) is 0 Å². The normalized spacial score (nSPS) is 18.8. The van der Waals surface area contributed by atoms with Crippen molar-refractivity contribution >= 4 is 0 Å². The lowest BCUT2D eigenvalue weighted by Crippen LogP contribution is -3.00. The van der Waals surface area contributed by atoms with Gasteiger partial charge >= 0.3 is 5.71 Å². The van der Waals surface area contributed by atoms with Crippen molar-refractivity contribution in [3.63, 3.8) is 0 Å². The molecular formula is C14H36Cl4N4. The Morgan fingerprint density at radius 2 is 1.05 bits per heavy atom. The highest BCUT2D eigenvalue weighted by Gasteiger charge is 2.29. The van der Waals surface area contributed by atoms with E-state index in [1.807, 2.05) is 0 Å². The second kappa shape index (κ2) is 22.0. The molecule has 4 N–H and O–H groups in total. The van der Waals surface area contributed by atoms with Gasteiger partial charge in [-0.2, -0.15) is 0 Å². The van der Waals surface area contributed by atoms with Gasteiger partial charge in [0.1, 0.15) is 0 Å². The molecule has 0 bridgehead atoms. The summed E-state index contributed by atoms with van der Waals surface area (Å²) in [6.07, 6.45) is 5.15. The Morgan fingerprint density at radius 3 is 1.32 bits per heavy atom. The summed E-state index contributed by atoms with van der Waals surface area (Å²) in [6.45, 7) is 11.0. The van der Waals surface area contributed by atoms with Crippen molar-refractivity contribution < 1.29 is 55.3 Å². The minimum Gasteiger partial charge on any atom is -1.00 e. The topological polar surface area (TPSA) is 48.1 Å². The van der Waals surface area contributed by atoms with Crippen LogP contribution in [0.25, 0.3) is 0 Å². The van der Waals surface area contributed by atoms with Gasteiger partial charge in [-0.1, -0.05) is 13.8 Å². The Bertz CT molecular complexity index is 198. The van der Waals surface area contributed by atoms with Crippen LogP contribution in [-0.2, 0) is 0 Å². The summed E-state index contributed by atoms with van der Waals surface area (Å²) in [5.74, 6) is 0. The van der Waals surface area contributed by atoms with E-state index in [1.165, 1.54) is 25.7 Å². The molecule has 4 nitrogen and oxygen atoms in total. The van der Waals surface area contributed by atoms with Crippen molar-refractivity contribution in [2.24, 2.45) is 0 Å². The van der Waals surface area contributed by atoms with Gasteiger partial charge in [0.2, 0.25) is 0 Å². The number of hydrogen-bond acceptors (Lipinski definition) is 4. The van der Waals surface area contributed by atoms with Gasteiger partial charge in [0.25, 0.3) is 0 Å². The minimum absolute atomic E-state index is 0. The van der Waals surface area contributed by atoms with Crippen molar-refractivity contribution in [1.82, 2.24) is 21.3 Å². The first-order valence-electron chi connectivity index (χ1n) is 7.76. The van der Waals surface area contributed by atoms with Crippen LogP contribution in [0.15, 0.2) is 0 Å². The number of nitrogens with one attached hydrogen (secondary N) is 4. The van der Waals surface area contributed by atoms with Gasteiger partial charge in [0.05, 0.1) is 0 Å². The molecule has 8 heteroatoms. The summed E-state index contributed by atoms with van der Waals surface area (Å²) in [7, 11) is 0.